The minimum atomic E-state index is -0.953. The molecule has 0 radical (unpaired) electrons. The van der Waals surface area contributed by atoms with Crippen molar-refractivity contribution in [2.45, 2.75) is 65.8 Å². The van der Waals surface area contributed by atoms with Crippen molar-refractivity contribution >= 4 is 41.0 Å². The number of alkyl halides is 1. The number of ketones is 1. The second-order valence-corrected chi connectivity index (χ2v) is 10.8. The fourth-order valence-corrected chi connectivity index (χ4v) is 7.64. The lowest BCUT2D eigenvalue weighted by Crippen LogP contribution is -2.62. The van der Waals surface area contributed by atoms with Crippen molar-refractivity contribution in [2.24, 2.45) is 17.3 Å². The number of aliphatic hydroxyl groups excluding tert-OH is 1. The van der Waals surface area contributed by atoms with Gasteiger partial charge in [0.1, 0.15) is 0 Å². The molecule has 0 aliphatic heterocycles. The maximum Gasteiger partial charge on any atom is 0.168 e. The Labute approximate surface area is 162 Å². The van der Waals surface area contributed by atoms with Crippen molar-refractivity contribution in [1.82, 2.24) is 0 Å². The van der Waals surface area contributed by atoms with Gasteiger partial charge < -0.3 is 10.2 Å². The molecule has 4 aliphatic rings. The third-order valence-electron chi connectivity index (χ3n) is 7.55. The molecule has 2 N–H and O–H groups in total. The van der Waals surface area contributed by atoms with Crippen LogP contribution in [0.2, 0.25) is 0 Å². The lowest BCUT2D eigenvalue weighted by Gasteiger charge is -2.61. The zero-order valence-corrected chi connectivity index (χ0v) is 17.0. The van der Waals surface area contributed by atoms with Crippen LogP contribution in [0.1, 0.15) is 45.4 Å². The maximum absolute atomic E-state index is 12.1. The number of hydrogen-bond donors (Lipinski definition) is 3. The molecule has 0 saturated heterocycles. The number of thiol groups is 1. The van der Waals surface area contributed by atoms with E-state index in [9.17, 15) is 15.0 Å². The molecule has 3 nitrogen and oxygen atoms in total. The Kier molecular flexibility index (Phi) is 3.90. The summed E-state index contributed by atoms with van der Waals surface area (Å²) in [4.78, 5) is 12.1. The molecule has 0 aromatic carbocycles. The van der Waals surface area contributed by atoms with Crippen LogP contribution in [-0.2, 0) is 4.79 Å². The van der Waals surface area contributed by atoms with E-state index in [1.807, 2.05) is 0 Å². The van der Waals surface area contributed by atoms with Crippen molar-refractivity contribution in [3.63, 3.8) is 0 Å². The normalized spacial score (nSPS) is 54.0. The average Bonchev–Trinajstić information content (AvgIpc) is 2.73. The van der Waals surface area contributed by atoms with Gasteiger partial charge in [0.2, 0.25) is 0 Å². The summed E-state index contributed by atoms with van der Waals surface area (Å²) in [5.74, 6) is 0.354. The number of fused-ring (bicyclic) bond motifs is 5. The van der Waals surface area contributed by atoms with Crippen LogP contribution in [0.15, 0.2) is 23.8 Å². The largest absolute Gasteiger partial charge is 0.392 e. The van der Waals surface area contributed by atoms with E-state index in [-0.39, 0.29) is 27.0 Å². The zero-order valence-electron chi connectivity index (χ0n) is 14.0. The van der Waals surface area contributed by atoms with Crippen LogP contribution in [0.4, 0.5) is 0 Å². The van der Waals surface area contributed by atoms with Gasteiger partial charge in [-0.3, -0.25) is 4.79 Å². The van der Waals surface area contributed by atoms with Gasteiger partial charge in [0.25, 0.3) is 0 Å². The monoisotopic (exact) mass is 460 g/mol. The number of hydrogen-bond acceptors (Lipinski definition) is 4. The van der Waals surface area contributed by atoms with Crippen LogP contribution in [0, 0.1) is 17.3 Å². The molecule has 5 unspecified atom stereocenters. The molecule has 0 aromatic heterocycles. The lowest BCUT2D eigenvalue weighted by atomic mass is 9.47. The molecule has 0 spiro atoms. The first-order chi connectivity index (χ1) is 11.1. The van der Waals surface area contributed by atoms with Crippen LogP contribution in [0.3, 0.4) is 0 Å². The van der Waals surface area contributed by atoms with E-state index in [1.165, 1.54) is 0 Å². The summed E-state index contributed by atoms with van der Waals surface area (Å²) in [5, 5.41) is 22.2. The predicted molar refractivity (Wildman–Crippen MR) is 106 cm³/mol. The van der Waals surface area contributed by atoms with Gasteiger partial charge in [-0.1, -0.05) is 41.7 Å². The minimum Gasteiger partial charge on any atom is -0.392 e. The molecule has 4 aliphatic carbocycles. The van der Waals surface area contributed by atoms with Gasteiger partial charge in [-0.2, -0.15) is 12.6 Å². The van der Waals surface area contributed by atoms with E-state index in [0.717, 1.165) is 36.8 Å². The van der Waals surface area contributed by atoms with Gasteiger partial charge in [0.05, 0.1) is 15.6 Å². The number of carbonyl (C=O) groups excluding carboxylic acids is 1. The van der Waals surface area contributed by atoms with Crippen LogP contribution in [0.5, 0.6) is 0 Å². The van der Waals surface area contributed by atoms with E-state index >= 15 is 0 Å². The molecule has 0 amide bonds. The van der Waals surface area contributed by atoms with Gasteiger partial charge in [-0.05, 0) is 61.5 Å². The first kappa shape index (κ1) is 17.6. The molecule has 7 atom stereocenters. The number of carbonyl (C=O) groups is 1. The SMILES string of the molecule is C=C1C[C@]2(S)C(O)CCC2(C)C2CCC3=CC(=O)C(I)C[C@]3(O)C12. The summed E-state index contributed by atoms with van der Waals surface area (Å²) in [6.45, 7) is 6.56. The highest BCUT2D eigenvalue weighted by atomic mass is 127. The molecule has 4 rings (SSSR count). The number of rotatable bonds is 0. The second kappa shape index (κ2) is 5.33. The quantitative estimate of drug-likeness (QED) is 0.225. The molecule has 0 bridgehead atoms. The third kappa shape index (κ3) is 2.01. The Morgan fingerprint density at radius 1 is 1.42 bits per heavy atom. The highest BCUT2D eigenvalue weighted by Crippen LogP contribution is 2.68. The number of aliphatic hydroxyl groups is 2. The van der Waals surface area contributed by atoms with Crippen molar-refractivity contribution < 1.29 is 15.0 Å². The van der Waals surface area contributed by atoms with E-state index in [2.05, 4.69) is 36.1 Å². The van der Waals surface area contributed by atoms with E-state index < -0.39 is 16.5 Å². The van der Waals surface area contributed by atoms with Crippen LogP contribution in [-0.4, -0.2) is 36.4 Å². The maximum atomic E-state index is 12.1. The van der Waals surface area contributed by atoms with Crippen molar-refractivity contribution in [3.05, 3.63) is 23.8 Å². The van der Waals surface area contributed by atoms with Crippen molar-refractivity contribution in [3.8, 4) is 0 Å². The molecular weight excluding hydrogens is 435 g/mol. The first-order valence-electron chi connectivity index (χ1n) is 8.83. The Bertz CT molecular complexity index is 661. The highest BCUT2D eigenvalue weighted by molar-refractivity contribution is 14.1. The van der Waals surface area contributed by atoms with Gasteiger partial charge >= 0.3 is 0 Å². The minimum absolute atomic E-state index is 0.0292. The van der Waals surface area contributed by atoms with Crippen LogP contribution >= 0.6 is 35.2 Å². The summed E-state index contributed by atoms with van der Waals surface area (Å²) in [6, 6.07) is 0. The molecule has 24 heavy (non-hydrogen) atoms. The Morgan fingerprint density at radius 3 is 2.83 bits per heavy atom. The molecule has 132 valence electrons. The molecule has 0 aromatic rings. The summed E-state index contributed by atoms with van der Waals surface area (Å²) in [6.07, 6.45) is 5.80. The topological polar surface area (TPSA) is 57.5 Å². The van der Waals surface area contributed by atoms with Gasteiger partial charge in [-0.25, -0.2) is 0 Å². The summed E-state index contributed by atoms with van der Waals surface area (Å²) >= 11 is 7.13. The predicted octanol–water partition coefficient (Wildman–Crippen LogP) is 3.24. The molecular formula is C19H25IO3S. The third-order valence-corrected chi connectivity index (χ3v) is 9.57. The van der Waals surface area contributed by atoms with Gasteiger partial charge in [0.15, 0.2) is 5.78 Å². The fraction of sp³-hybridized carbons (Fsp3) is 0.737. The average molecular weight is 460 g/mol. The van der Waals surface area contributed by atoms with Gasteiger partial charge in [-0.15, -0.1) is 0 Å². The summed E-state index contributed by atoms with van der Waals surface area (Å²) in [5.41, 5.74) is 0.840. The highest BCUT2D eigenvalue weighted by Gasteiger charge is 2.67. The Morgan fingerprint density at radius 2 is 2.12 bits per heavy atom. The van der Waals surface area contributed by atoms with E-state index in [0.29, 0.717) is 12.8 Å². The van der Waals surface area contributed by atoms with Crippen LogP contribution in [0.25, 0.3) is 0 Å². The van der Waals surface area contributed by atoms with E-state index in [1.54, 1.807) is 6.08 Å². The van der Waals surface area contributed by atoms with Crippen molar-refractivity contribution in [1.29, 1.82) is 0 Å². The zero-order chi connectivity index (χ0) is 17.5. The van der Waals surface area contributed by atoms with E-state index in [4.69, 9.17) is 12.6 Å². The van der Waals surface area contributed by atoms with Crippen LogP contribution < -0.4 is 0 Å². The summed E-state index contributed by atoms with van der Waals surface area (Å²) in [7, 11) is 0. The molecule has 5 heteroatoms. The molecule has 0 heterocycles. The molecule has 3 saturated carbocycles. The van der Waals surface area contributed by atoms with Crippen molar-refractivity contribution in [2.75, 3.05) is 0 Å². The molecule has 3 fully saturated rings. The second-order valence-electron chi connectivity index (χ2n) is 8.52. The fourth-order valence-electron chi connectivity index (χ4n) is 6.18. The first-order valence-corrected chi connectivity index (χ1v) is 10.5. The number of halogens is 1. The summed E-state index contributed by atoms with van der Waals surface area (Å²) < 4.78 is -0.621. The lowest BCUT2D eigenvalue weighted by molar-refractivity contribution is -0.120. The van der Waals surface area contributed by atoms with Gasteiger partial charge in [0, 0.05) is 10.7 Å². The smallest absolute Gasteiger partial charge is 0.168 e. The Hall–Kier alpha value is 0.150. The Balaban J connectivity index is 1.81. The standard InChI is InChI=1S/C19H25IO3S/c1-10-8-19(24)15(22)5-6-17(19,2)12-4-3-11-7-14(21)13(20)9-18(11,23)16(10)12/h7,12-13,15-16,22-24H,1,3-6,8-9H2,2H3/t12?,13?,15?,16?,17?,18-,19+/m1/s1.